The molecule has 1 aromatic carbocycles. The predicted molar refractivity (Wildman–Crippen MR) is 74.5 cm³/mol. The molecule has 0 amide bonds. The minimum atomic E-state index is -3.05. The molecule has 1 aliphatic rings. The molecular formula is C13H18ClNO2S. The molecule has 1 aliphatic heterocycles. The lowest BCUT2D eigenvalue weighted by Crippen LogP contribution is -2.34. The zero-order valence-electron chi connectivity index (χ0n) is 10.2. The quantitative estimate of drug-likeness (QED) is 0.924. The number of halogens is 1. The van der Waals surface area contributed by atoms with Gasteiger partial charge in [0, 0.05) is 5.02 Å². The van der Waals surface area contributed by atoms with E-state index in [4.69, 9.17) is 11.6 Å². The molecule has 5 heteroatoms. The third-order valence-corrected chi connectivity index (χ3v) is 5.15. The maximum absolute atomic E-state index is 12.1. The van der Waals surface area contributed by atoms with Crippen molar-refractivity contribution in [1.82, 2.24) is 5.32 Å². The van der Waals surface area contributed by atoms with Gasteiger partial charge >= 0.3 is 0 Å². The minimum Gasteiger partial charge on any atom is -0.316 e. The lowest BCUT2D eigenvalue weighted by atomic mass is 10.0. The van der Waals surface area contributed by atoms with Gasteiger partial charge in [0.1, 0.15) is 0 Å². The number of hydrogen-bond acceptors (Lipinski definition) is 3. The molecule has 100 valence electrons. The normalized spacial score (nSPS) is 20.8. The van der Waals surface area contributed by atoms with Gasteiger partial charge < -0.3 is 5.32 Å². The molecule has 1 N–H and O–H groups in total. The number of nitrogens with one attached hydrogen (secondary N) is 1. The average molecular weight is 288 g/mol. The summed E-state index contributed by atoms with van der Waals surface area (Å²) in [5.74, 6) is 0.610. The van der Waals surface area contributed by atoms with E-state index < -0.39 is 9.84 Å². The zero-order chi connectivity index (χ0) is 13.0. The Kier molecular flexibility index (Phi) is 4.65. The lowest BCUT2D eigenvalue weighted by molar-refractivity contribution is 0.404. The summed E-state index contributed by atoms with van der Waals surface area (Å²) in [5, 5.41) is 3.83. The summed E-state index contributed by atoms with van der Waals surface area (Å²) in [4.78, 5) is 0. The molecule has 0 spiro atoms. The van der Waals surface area contributed by atoms with E-state index in [-0.39, 0.29) is 17.4 Å². The van der Waals surface area contributed by atoms with Crippen LogP contribution in [0.2, 0.25) is 5.02 Å². The zero-order valence-corrected chi connectivity index (χ0v) is 11.8. The van der Waals surface area contributed by atoms with Crippen LogP contribution in [0.15, 0.2) is 24.3 Å². The molecule has 1 saturated heterocycles. The molecule has 0 aromatic heterocycles. The number of piperidine rings is 1. The summed E-state index contributed by atoms with van der Waals surface area (Å²) >= 11 is 5.86. The van der Waals surface area contributed by atoms with Crippen molar-refractivity contribution in [3.8, 4) is 0 Å². The second-order valence-electron chi connectivity index (χ2n) is 4.90. The topological polar surface area (TPSA) is 46.2 Å². The number of hydrogen-bond donors (Lipinski definition) is 1. The van der Waals surface area contributed by atoms with Crippen LogP contribution < -0.4 is 5.32 Å². The highest BCUT2D eigenvalue weighted by molar-refractivity contribution is 7.90. The van der Waals surface area contributed by atoms with E-state index in [0.717, 1.165) is 31.5 Å². The van der Waals surface area contributed by atoms with E-state index >= 15 is 0 Å². The predicted octanol–water partition coefficient (Wildman–Crippen LogP) is 2.25. The van der Waals surface area contributed by atoms with Gasteiger partial charge in [0.25, 0.3) is 0 Å². The summed E-state index contributed by atoms with van der Waals surface area (Å²) < 4.78 is 24.2. The molecule has 2 rings (SSSR count). The Morgan fingerprint density at radius 3 is 2.89 bits per heavy atom. The summed E-state index contributed by atoms with van der Waals surface area (Å²) in [7, 11) is -3.05. The van der Waals surface area contributed by atoms with E-state index in [1.54, 1.807) is 18.2 Å². The third-order valence-electron chi connectivity index (χ3n) is 3.16. The monoisotopic (exact) mass is 287 g/mol. The van der Waals surface area contributed by atoms with Gasteiger partial charge in [-0.3, -0.25) is 0 Å². The molecule has 1 fully saturated rings. The molecule has 0 radical (unpaired) electrons. The van der Waals surface area contributed by atoms with Crippen molar-refractivity contribution in [1.29, 1.82) is 0 Å². The van der Waals surface area contributed by atoms with Crippen LogP contribution in [0, 0.1) is 5.92 Å². The van der Waals surface area contributed by atoms with Gasteiger partial charge in [0.2, 0.25) is 0 Å². The molecule has 0 saturated carbocycles. The second kappa shape index (κ2) is 6.04. The van der Waals surface area contributed by atoms with Gasteiger partial charge in [-0.25, -0.2) is 8.42 Å². The standard InChI is InChI=1S/C13H18ClNO2S/c14-13-5-1-3-11(7-13)9-18(16,17)10-12-4-2-6-15-8-12/h1,3,5,7,12,15H,2,4,6,8-10H2. The van der Waals surface area contributed by atoms with Crippen molar-refractivity contribution >= 4 is 21.4 Å². The highest BCUT2D eigenvalue weighted by Crippen LogP contribution is 2.17. The second-order valence-corrected chi connectivity index (χ2v) is 7.44. The highest BCUT2D eigenvalue weighted by atomic mass is 35.5. The maximum Gasteiger partial charge on any atom is 0.154 e. The van der Waals surface area contributed by atoms with Crippen molar-refractivity contribution in [3.63, 3.8) is 0 Å². The van der Waals surface area contributed by atoms with Gasteiger partial charge in [-0.1, -0.05) is 23.7 Å². The number of rotatable bonds is 4. The van der Waals surface area contributed by atoms with Crippen LogP contribution in [-0.4, -0.2) is 27.3 Å². The van der Waals surface area contributed by atoms with E-state index in [1.165, 1.54) is 0 Å². The van der Waals surface area contributed by atoms with E-state index in [2.05, 4.69) is 5.32 Å². The molecule has 1 unspecified atom stereocenters. The smallest absolute Gasteiger partial charge is 0.154 e. The fourth-order valence-electron chi connectivity index (χ4n) is 2.36. The van der Waals surface area contributed by atoms with Crippen LogP contribution in [0.4, 0.5) is 0 Å². The van der Waals surface area contributed by atoms with Gasteiger partial charge in [-0.05, 0) is 49.5 Å². The van der Waals surface area contributed by atoms with Crippen LogP contribution in [0.1, 0.15) is 18.4 Å². The molecule has 1 aromatic rings. The largest absolute Gasteiger partial charge is 0.316 e. The van der Waals surface area contributed by atoms with Crippen molar-refractivity contribution in [2.45, 2.75) is 18.6 Å². The van der Waals surface area contributed by atoms with E-state index in [1.807, 2.05) is 6.07 Å². The van der Waals surface area contributed by atoms with E-state index in [9.17, 15) is 8.42 Å². The molecular weight excluding hydrogens is 270 g/mol. The highest BCUT2D eigenvalue weighted by Gasteiger charge is 2.21. The number of benzene rings is 1. The fraction of sp³-hybridized carbons (Fsp3) is 0.538. The summed E-state index contributed by atoms with van der Waals surface area (Å²) in [6.45, 7) is 1.82. The van der Waals surface area contributed by atoms with Crippen LogP contribution in [0.3, 0.4) is 0 Å². The Labute approximate surface area is 113 Å². The minimum absolute atomic E-state index is 0.0874. The first-order valence-electron chi connectivity index (χ1n) is 6.21. The van der Waals surface area contributed by atoms with E-state index in [0.29, 0.717) is 5.02 Å². The molecule has 1 heterocycles. The van der Waals surface area contributed by atoms with Gasteiger partial charge in [-0.15, -0.1) is 0 Å². The average Bonchev–Trinajstić information content (AvgIpc) is 2.28. The van der Waals surface area contributed by atoms with Crippen molar-refractivity contribution < 1.29 is 8.42 Å². The Morgan fingerprint density at radius 2 is 2.22 bits per heavy atom. The number of sulfone groups is 1. The van der Waals surface area contributed by atoms with Gasteiger partial charge in [0.15, 0.2) is 9.84 Å². The van der Waals surface area contributed by atoms with Crippen LogP contribution in [0.25, 0.3) is 0 Å². The Morgan fingerprint density at radius 1 is 1.39 bits per heavy atom. The Hall–Kier alpha value is -0.580. The van der Waals surface area contributed by atoms with Gasteiger partial charge in [0.05, 0.1) is 11.5 Å². The summed E-state index contributed by atoms with van der Waals surface area (Å²) in [5.41, 5.74) is 0.770. The lowest BCUT2D eigenvalue weighted by Gasteiger charge is -2.22. The molecule has 3 nitrogen and oxygen atoms in total. The van der Waals surface area contributed by atoms with Crippen LogP contribution in [0.5, 0.6) is 0 Å². The maximum atomic E-state index is 12.1. The van der Waals surface area contributed by atoms with Crippen molar-refractivity contribution in [2.24, 2.45) is 5.92 Å². The molecule has 1 atom stereocenters. The summed E-state index contributed by atoms with van der Waals surface area (Å²) in [6, 6.07) is 7.07. The Balaban J connectivity index is 1.98. The van der Waals surface area contributed by atoms with Crippen molar-refractivity contribution in [3.05, 3.63) is 34.9 Å². The first kappa shape index (κ1) is 13.8. The van der Waals surface area contributed by atoms with Crippen LogP contribution in [-0.2, 0) is 15.6 Å². The first-order valence-corrected chi connectivity index (χ1v) is 8.41. The first-order chi connectivity index (χ1) is 8.55. The van der Waals surface area contributed by atoms with Crippen molar-refractivity contribution in [2.75, 3.05) is 18.8 Å². The fourth-order valence-corrected chi connectivity index (χ4v) is 4.39. The molecule has 0 aliphatic carbocycles. The Bertz CT molecular complexity index is 495. The van der Waals surface area contributed by atoms with Gasteiger partial charge in [-0.2, -0.15) is 0 Å². The SMILES string of the molecule is O=S(=O)(Cc1cccc(Cl)c1)CC1CCCNC1. The molecule has 18 heavy (non-hydrogen) atoms. The van der Waals surface area contributed by atoms with Crippen LogP contribution >= 0.6 is 11.6 Å². The third kappa shape index (κ3) is 4.26. The molecule has 0 bridgehead atoms. The summed E-state index contributed by atoms with van der Waals surface area (Å²) in [6.07, 6.45) is 2.07.